The number of hydrogen-bond donors (Lipinski definition) is 1. The second kappa shape index (κ2) is 6.91. The van der Waals surface area contributed by atoms with Gasteiger partial charge in [-0.1, -0.05) is 20.3 Å². The quantitative estimate of drug-likeness (QED) is 0.890. The Kier molecular flexibility index (Phi) is 5.21. The largest absolute Gasteiger partial charge is 0.474 e. The van der Waals surface area contributed by atoms with Crippen molar-refractivity contribution in [1.29, 1.82) is 0 Å². The summed E-state index contributed by atoms with van der Waals surface area (Å²) in [7, 11) is 1.90. The minimum Gasteiger partial charge on any atom is -0.474 e. The van der Waals surface area contributed by atoms with E-state index in [9.17, 15) is 0 Å². The van der Waals surface area contributed by atoms with Crippen LogP contribution in [0.25, 0.3) is 0 Å². The lowest BCUT2D eigenvalue weighted by molar-refractivity contribution is 0.122. The van der Waals surface area contributed by atoms with Crippen LogP contribution in [0.1, 0.15) is 57.3 Å². The van der Waals surface area contributed by atoms with Crippen molar-refractivity contribution in [3.63, 3.8) is 0 Å². The molecule has 112 valence electrons. The van der Waals surface area contributed by atoms with Crippen molar-refractivity contribution in [2.75, 3.05) is 12.4 Å². The highest BCUT2D eigenvalue weighted by Crippen LogP contribution is 2.29. The SMILES string of the molecule is CCCc1nc(NC)c(C)c(OC2CCCC(C)C2)n1. The highest BCUT2D eigenvalue weighted by molar-refractivity contribution is 5.48. The van der Waals surface area contributed by atoms with Crippen LogP contribution in [0.5, 0.6) is 5.88 Å². The maximum absolute atomic E-state index is 6.19. The van der Waals surface area contributed by atoms with Gasteiger partial charge in [0.1, 0.15) is 17.7 Å². The molecule has 0 aliphatic heterocycles. The molecule has 0 spiro atoms. The molecular formula is C16H27N3O. The third kappa shape index (κ3) is 3.62. The topological polar surface area (TPSA) is 47.0 Å². The Hall–Kier alpha value is -1.32. The number of aromatic nitrogens is 2. The fourth-order valence-electron chi connectivity index (χ4n) is 2.88. The van der Waals surface area contributed by atoms with E-state index >= 15 is 0 Å². The summed E-state index contributed by atoms with van der Waals surface area (Å²) >= 11 is 0. The van der Waals surface area contributed by atoms with Crippen LogP contribution in [0.15, 0.2) is 0 Å². The second-order valence-corrected chi connectivity index (χ2v) is 5.93. The minimum atomic E-state index is 0.312. The minimum absolute atomic E-state index is 0.312. The van der Waals surface area contributed by atoms with Gasteiger partial charge < -0.3 is 10.1 Å². The van der Waals surface area contributed by atoms with Gasteiger partial charge in [-0.3, -0.25) is 0 Å². The predicted octanol–water partition coefficient (Wildman–Crippen LogP) is 3.74. The average molecular weight is 277 g/mol. The van der Waals surface area contributed by atoms with Gasteiger partial charge in [-0.15, -0.1) is 0 Å². The van der Waals surface area contributed by atoms with Crippen molar-refractivity contribution >= 4 is 5.82 Å². The fourth-order valence-corrected chi connectivity index (χ4v) is 2.88. The summed E-state index contributed by atoms with van der Waals surface area (Å²) in [5.74, 6) is 3.30. The van der Waals surface area contributed by atoms with Gasteiger partial charge in [-0.2, -0.15) is 4.98 Å². The van der Waals surface area contributed by atoms with E-state index in [0.29, 0.717) is 6.10 Å². The summed E-state index contributed by atoms with van der Waals surface area (Å²) in [4.78, 5) is 9.16. The molecule has 2 atom stereocenters. The maximum Gasteiger partial charge on any atom is 0.222 e. The zero-order valence-electron chi connectivity index (χ0n) is 13.2. The van der Waals surface area contributed by atoms with Crippen LogP contribution in [-0.4, -0.2) is 23.1 Å². The molecule has 0 amide bonds. The third-order valence-electron chi connectivity index (χ3n) is 4.02. The summed E-state index contributed by atoms with van der Waals surface area (Å²) in [6, 6.07) is 0. The van der Waals surface area contributed by atoms with E-state index < -0.39 is 0 Å². The molecule has 1 fully saturated rings. The number of aryl methyl sites for hydroxylation is 1. The summed E-state index contributed by atoms with van der Waals surface area (Å²) in [6.07, 6.45) is 7.12. The Morgan fingerprint density at radius 1 is 1.30 bits per heavy atom. The molecule has 0 aromatic carbocycles. The Bertz CT molecular complexity index is 448. The molecule has 0 bridgehead atoms. The zero-order valence-corrected chi connectivity index (χ0v) is 13.2. The van der Waals surface area contributed by atoms with Crippen molar-refractivity contribution in [2.24, 2.45) is 5.92 Å². The zero-order chi connectivity index (χ0) is 14.5. The second-order valence-electron chi connectivity index (χ2n) is 5.93. The smallest absolute Gasteiger partial charge is 0.222 e. The molecule has 4 nitrogen and oxygen atoms in total. The molecule has 1 N–H and O–H groups in total. The summed E-state index contributed by atoms with van der Waals surface area (Å²) in [5.41, 5.74) is 1.02. The van der Waals surface area contributed by atoms with E-state index in [-0.39, 0.29) is 0 Å². The molecule has 1 heterocycles. The van der Waals surface area contributed by atoms with Crippen LogP contribution in [0.3, 0.4) is 0 Å². The standard InChI is InChI=1S/C16H27N3O/c1-5-7-14-18-15(17-4)12(3)16(19-14)20-13-9-6-8-11(2)10-13/h11,13H,5-10H2,1-4H3,(H,17,18,19). The van der Waals surface area contributed by atoms with Gasteiger partial charge in [0.15, 0.2) is 0 Å². The van der Waals surface area contributed by atoms with E-state index in [1.807, 2.05) is 14.0 Å². The van der Waals surface area contributed by atoms with Crippen molar-refractivity contribution < 1.29 is 4.74 Å². The van der Waals surface area contributed by atoms with Crippen LogP contribution in [0, 0.1) is 12.8 Å². The highest BCUT2D eigenvalue weighted by atomic mass is 16.5. The number of rotatable bonds is 5. The van der Waals surface area contributed by atoms with Crippen molar-refractivity contribution in [3.8, 4) is 5.88 Å². The van der Waals surface area contributed by atoms with E-state index in [2.05, 4.69) is 29.1 Å². The number of nitrogens with one attached hydrogen (secondary N) is 1. The van der Waals surface area contributed by atoms with Crippen LogP contribution in [0.2, 0.25) is 0 Å². The lowest BCUT2D eigenvalue weighted by Crippen LogP contribution is -2.25. The Morgan fingerprint density at radius 2 is 2.10 bits per heavy atom. The van der Waals surface area contributed by atoms with Gasteiger partial charge in [-0.25, -0.2) is 4.98 Å². The van der Waals surface area contributed by atoms with E-state index in [4.69, 9.17) is 4.74 Å². The first-order valence-corrected chi connectivity index (χ1v) is 7.86. The predicted molar refractivity (Wildman–Crippen MR) is 82.4 cm³/mol. The number of hydrogen-bond acceptors (Lipinski definition) is 4. The van der Waals surface area contributed by atoms with E-state index in [0.717, 1.165) is 54.7 Å². The van der Waals surface area contributed by atoms with Gasteiger partial charge >= 0.3 is 0 Å². The summed E-state index contributed by atoms with van der Waals surface area (Å²) in [5, 5.41) is 3.15. The Labute approximate surface area is 122 Å². The number of ether oxygens (including phenoxy) is 1. The van der Waals surface area contributed by atoms with Crippen molar-refractivity contribution in [3.05, 3.63) is 11.4 Å². The Balaban J connectivity index is 2.18. The molecular weight excluding hydrogens is 250 g/mol. The van der Waals surface area contributed by atoms with Crippen LogP contribution in [0.4, 0.5) is 5.82 Å². The van der Waals surface area contributed by atoms with Crippen LogP contribution >= 0.6 is 0 Å². The molecule has 2 unspecified atom stereocenters. The third-order valence-corrected chi connectivity index (χ3v) is 4.02. The first kappa shape index (κ1) is 15.1. The normalized spacial score (nSPS) is 22.6. The van der Waals surface area contributed by atoms with Gasteiger partial charge in [0.05, 0.1) is 5.56 Å². The first-order valence-electron chi connectivity index (χ1n) is 7.86. The number of nitrogens with zero attached hydrogens (tertiary/aromatic N) is 2. The van der Waals surface area contributed by atoms with Crippen LogP contribution in [-0.2, 0) is 6.42 Å². The summed E-state index contributed by atoms with van der Waals surface area (Å²) in [6.45, 7) is 6.48. The number of anilines is 1. The van der Waals surface area contributed by atoms with Gasteiger partial charge in [0, 0.05) is 13.5 Å². The molecule has 0 saturated heterocycles. The molecule has 1 aliphatic rings. The van der Waals surface area contributed by atoms with Gasteiger partial charge in [-0.05, 0) is 38.5 Å². The molecule has 1 saturated carbocycles. The van der Waals surface area contributed by atoms with Gasteiger partial charge in [0.2, 0.25) is 5.88 Å². The molecule has 20 heavy (non-hydrogen) atoms. The Morgan fingerprint density at radius 3 is 2.75 bits per heavy atom. The van der Waals surface area contributed by atoms with Crippen LogP contribution < -0.4 is 10.1 Å². The first-order chi connectivity index (χ1) is 9.63. The van der Waals surface area contributed by atoms with Crippen molar-refractivity contribution in [2.45, 2.75) is 65.4 Å². The molecule has 0 radical (unpaired) electrons. The molecule has 4 heteroatoms. The highest BCUT2D eigenvalue weighted by Gasteiger charge is 2.22. The maximum atomic E-state index is 6.19. The average Bonchev–Trinajstić information content (AvgIpc) is 2.42. The summed E-state index contributed by atoms with van der Waals surface area (Å²) < 4.78 is 6.19. The van der Waals surface area contributed by atoms with E-state index in [1.165, 1.54) is 12.8 Å². The lowest BCUT2D eigenvalue weighted by Gasteiger charge is -2.27. The molecule has 2 rings (SSSR count). The van der Waals surface area contributed by atoms with E-state index in [1.54, 1.807) is 0 Å². The monoisotopic (exact) mass is 277 g/mol. The molecule has 1 aromatic rings. The van der Waals surface area contributed by atoms with Gasteiger partial charge in [0.25, 0.3) is 0 Å². The lowest BCUT2D eigenvalue weighted by atomic mass is 9.89. The molecule has 1 aliphatic carbocycles. The fraction of sp³-hybridized carbons (Fsp3) is 0.750. The molecule has 1 aromatic heterocycles. The van der Waals surface area contributed by atoms with Crippen molar-refractivity contribution in [1.82, 2.24) is 9.97 Å².